The normalized spacial score (nSPS) is 12.0. The highest BCUT2D eigenvalue weighted by Gasteiger charge is 2.16. The van der Waals surface area contributed by atoms with Crippen LogP contribution in [0, 0.1) is 6.92 Å². The van der Waals surface area contributed by atoms with Gasteiger partial charge in [0.2, 0.25) is 5.89 Å². The van der Waals surface area contributed by atoms with Crippen molar-refractivity contribution in [2.45, 2.75) is 39.7 Å². The van der Waals surface area contributed by atoms with Crippen LogP contribution in [0.25, 0.3) is 0 Å². The van der Waals surface area contributed by atoms with E-state index in [4.69, 9.17) is 14.0 Å². The van der Waals surface area contributed by atoms with Crippen molar-refractivity contribution in [3.8, 4) is 11.5 Å². The van der Waals surface area contributed by atoms with Gasteiger partial charge in [0.1, 0.15) is 6.04 Å². The number of benzene rings is 1. The predicted molar refractivity (Wildman–Crippen MR) is 84.6 cm³/mol. The Morgan fingerprint density at radius 1 is 1.23 bits per heavy atom. The third kappa shape index (κ3) is 3.50. The molecule has 0 spiro atoms. The van der Waals surface area contributed by atoms with E-state index in [-0.39, 0.29) is 6.04 Å². The van der Waals surface area contributed by atoms with E-state index in [1.54, 1.807) is 14.2 Å². The van der Waals surface area contributed by atoms with Crippen molar-refractivity contribution in [2.75, 3.05) is 19.5 Å². The molecule has 0 aliphatic heterocycles. The van der Waals surface area contributed by atoms with Crippen LogP contribution in [0.3, 0.4) is 0 Å². The van der Waals surface area contributed by atoms with Gasteiger partial charge in [-0.25, -0.2) is 0 Å². The maximum Gasteiger partial charge on any atom is 0.248 e. The molecule has 0 unspecified atom stereocenters. The molecule has 0 saturated carbocycles. The fourth-order valence-electron chi connectivity index (χ4n) is 2.20. The third-order valence-corrected chi connectivity index (χ3v) is 3.43. The zero-order valence-corrected chi connectivity index (χ0v) is 13.8. The second-order valence-corrected chi connectivity index (χ2v) is 5.19. The molecule has 1 aromatic heterocycles. The summed E-state index contributed by atoms with van der Waals surface area (Å²) in [5.41, 5.74) is 2.00. The van der Waals surface area contributed by atoms with Gasteiger partial charge in [-0.3, -0.25) is 0 Å². The molecule has 0 bridgehead atoms. The Morgan fingerprint density at radius 3 is 2.55 bits per heavy atom. The van der Waals surface area contributed by atoms with Crippen molar-refractivity contribution in [3.63, 3.8) is 0 Å². The first-order valence-electron chi connectivity index (χ1n) is 7.40. The number of aryl methyl sites for hydroxylation is 2. The maximum atomic E-state index is 5.34. The molecule has 2 aromatic rings. The SMILES string of the molecule is CCCc1noc([C@H](C)Nc2cc(OC)c(OC)cc2C)n1. The highest BCUT2D eigenvalue weighted by atomic mass is 16.5. The van der Waals surface area contributed by atoms with Crippen LogP contribution in [0.1, 0.15) is 43.6 Å². The van der Waals surface area contributed by atoms with Gasteiger partial charge in [0.15, 0.2) is 17.3 Å². The van der Waals surface area contributed by atoms with Crippen molar-refractivity contribution < 1.29 is 14.0 Å². The molecule has 1 atom stereocenters. The number of nitrogens with zero attached hydrogens (tertiary/aromatic N) is 2. The molecule has 2 rings (SSSR count). The first-order valence-corrected chi connectivity index (χ1v) is 7.40. The number of aromatic nitrogens is 2. The molecule has 6 nitrogen and oxygen atoms in total. The summed E-state index contributed by atoms with van der Waals surface area (Å²) in [4.78, 5) is 4.41. The smallest absolute Gasteiger partial charge is 0.248 e. The molecule has 0 aliphatic carbocycles. The lowest BCUT2D eigenvalue weighted by Crippen LogP contribution is -2.08. The molecule has 120 valence electrons. The number of hydrogen-bond donors (Lipinski definition) is 1. The molecule has 0 fully saturated rings. The number of methoxy groups -OCH3 is 2. The van der Waals surface area contributed by atoms with Crippen LogP contribution in [0.2, 0.25) is 0 Å². The lowest BCUT2D eigenvalue weighted by molar-refractivity contribution is 0.354. The van der Waals surface area contributed by atoms with Gasteiger partial charge in [0.25, 0.3) is 0 Å². The topological polar surface area (TPSA) is 69.4 Å². The molecule has 0 amide bonds. The lowest BCUT2D eigenvalue weighted by Gasteiger charge is -2.16. The van der Waals surface area contributed by atoms with Crippen LogP contribution in [-0.4, -0.2) is 24.4 Å². The van der Waals surface area contributed by atoms with E-state index in [0.717, 1.165) is 29.9 Å². The van der Waals surface area contributed by atoms with Gasteiger partial charge in [-0.05, 0) is 31.9 Å². The Labute approximate surface area is 130 Å². The Bertz CT molecular complexity index is 625. The predicted octanol–water partition coefficient (Wildman–Crippen LogP) is 3.52. The van der Waals surface area contributed by atoms with Crippen molar-refractivity contribution in [1.29, 1.82) is 0 Å². The maximum absolute atomic E-state index is 5.34. The van der Waals surface area contributed by atoms with Gasteiger partial charge in [0.05, 0.1) is 14.2 Å². The number of nitrogens with one attached hydrogen (secondary N) is 1. The van der Waals surface area contributed by atoms with Gasteiger partial charge >= 0.3 is 0 Å². The molecule has 1 aromatic carbocycles. The van der Waals surface area contributed by atoms with Crippen molar-refractivity contribution in [2.24, 2.45) is 0 Å². The lowest BCUT2D eigenvalue weighted by atomic mass is 10.1. The van der Waals surface area contributed by atoms with Crippen LogP contribution >= 0.6 is 0 Å². The van der Waals surface area contributed by atoms with Crippen LogP contribution in [-0.2, 0) is 6.42 Å². The second kappa shape index (κ2) is 7.15. The molecule has 0 radical (unpaired) electrons. The first-order chi connectivity index (χ1) is 10.6. The van der Waals surface area contributed by atoms with Crippen molar-refractivity contribution in [3.05, 3.63) is 29.4 Å². The van der Waals surface area contributed by atoms with E-state index < -0.39 is 0 Å². The van der Waals surface area contributed by atoms with Crippen LogP contribution in [0.4, 0.5) is 5.69 Å². The summed E-state index contributed by atoms with van der Waals surface area (Å²) >= 11 is 0. The largest absolute Gasteiger partial charge is 0.493 e. The molecule has 1 heterocycles. The van der Waals surface area contributed by atoms with Crippen LogP contribution < -0.4 is 14.8 Å². The first kappa shape index (κ1) is 16.1. The summed E-state index contributed by atoms with van der Waals surface area (Å²) in [6.07, 6.45) is 1.82. The number of rotatable bonds is 7. The highest BCUT2D eigenvalue weighted by molar-refractivity contribution is 5.60. The summed E-state index contributed by atoms with van der Waals surface area (Å²) in [5.74, 6) is 2.72. The minimum atomic E-state index is -0.0880. The standard InChI is InChI=1S/C16H23N3O3/c1-6-7-15-18-16(22-19-15)11(3)17-12-9-14(21-5)13(20-4)8-10(12)2/h8-9,11,17H,6-7H2,1-5H3/t11-/m0/s1. The molecular weight excluding hydrogens is 282 g/mol. The van der Waals surface area contributed by atoms with Gasteiger partial charge < -0.3 is 19.3 Å². The number of ether oxygens (including phenoxy) is 2. The van der Waals surface area contributed by atoms with Gasteiger partial charge in [-0.1, -0.05) is 12.1 Å². The summed E-state index contributed by atoms with van der Waals surface area (Å²) < 4.78 is 16.0. The van der Waals surface area contributed by atoms with Crippen LogP contribution in [0.15, 0.2) is 16.7 Å². The molecular formula is C16H23N3O3. The Balaban J connectivity index is 2.18. The van der Waals surface area contributed by atoms with Gasteiger partial charge in [-0.15, -0.1) is 0 Å². The van der Waals surface area contributed by atoms with Crippen LogP contribution in [0.5, 0.6) is 11.5 Å². The average molecular weight is 305 g/mol. The van der Waals surface area contributed by atoms with E-state index in [2.05, 4.69) is 22.4 Å². The fraction of sp³-hybridized carbons (Fsp3) is 0.500. The summed E-state index contributed by atoms with van der Waals surface area (Å²) in [5, 5.41) is 7.36. The van der Waals surface area contributed by atoms with E-state index in [1.165, 1.54) is 0 Å². The molecule has 1 N–H and O–H groups in total. The zero-order valence-electron chi connectivity index (χ0n) is 13.8. The monoisotopic (exact) mass is 305 g/mol. The molecule has 0 saturated heterocycles. The zero-order chi connectivity index (χ0) is 16.1. The van der Waals surface area contributed by atoms with E-state index in [0.29, 0.717) is 17.4 Å². The Kier molecular flexibility index (Phi) is 5.25. The quantitative estimate of drug-likeness (QED) is 0.844. The number of anilines is 1. The highest BCUT2D eigenvalue weighted by Crippen LogP contribution is 2.34. The Hall–Kier alpha value is -2.24. The summed E-state index contributed by atoms with van der Waals surface area (Å²) in [6.45, 7) is 6.08. The van der Waals surface area contributed by atoms with E-state index >= 15 is 0 Å². The molecule has 6 heteroatoms. The molecule has 0 aliphatic rings. The average Bonchev–Trinajstić information content (AvgIpc) is 2.98. The number of hydrogen-bond acceptors (Lipinski definition) is 6. The summed E-state index contributed by atoms with van der Waals surface area (Å²) in [6, 6.07) is 3.76. The summed E-state index contributed by atoms with van der Waals surface area (Å²) in [7, 11) is 3.25. The fourth-order valence-corrected chi connectivity index (χ4v) is 2.20. The van der Waals surface area contributed by atoms with Gasteiger partial charge in [0, 0.05) is 18.2 Å². The second-order valence-electron chi connectivity index (χ2n) is 5.19. The van der Waals surface area contributed by atoms with Crippen molar-refractivity contribution in [1.82, 2.24) is 10.1 Å². The van der Waals surface area contributed by atoms with Gasteiger partial charge in [-0.2, -0.15) is 4.98 Å². The van der Waals surface area contributed by atoms with Crippen molar-refractivity contribution >= 4 is 5.69 Å². The Morgan fingerprint density at radius 2 is 1.91 bits per heavy atom. The van der Waals surface area contributed by atoms with E-state index in [1.807, 2.05) is 26.0 Å². The minimum Gasteiger partial charge on any atom is -0.493 e. The molecule has 22 heavy (non-hydrogen) atoms. The minimum absolute atomic E-state index is 0.0880. The van der Waals surface area contributed by atoms with E-state index in [9.17, 15) is 0 Å². The third-order valence-electron chi connectivity index (χ3n) is 3.43.